The first-order valence-corrected chi connectivity index (χ1v) is 9.57. The Morgan fingerprint density at radius 1 is 1.17 bits per heavy atom. The van der Waals surface area contributed by atoms with E-state index in [1.54, 1.807) is 24.3 Å². The maximum absolute atomic E-state index is 12.6. The third-order valence-corrected chi connectivity index (χ3v) is 4.83. The van der Waals surface area contributed by atoms with Gasteiger partial charge in [0.1, 0.15) is 6.33 Å². The number of benzene rings is 1. The first-order valence-electron chi connectivity index (χ1n) is 9.57. The summed E-state index contributed by atoms with van der Waals surface area (Å²) in [7, 11) is 0. The summed E-state index contributed by atoms with van der Waals surface area (Å²) in [5.74, 6) is -0.193. The lowest BCUT2D eigenvalue weighted by atomic mass is 10.1. The number of hydrogen-bond acceptors (Lipinski definition) is 6. The van der Waals surface area contributed by atoms with Gasteiger partial charge in [-0.05, 0) is 60.9 Å². The van der Waals surface area contributed by atoms with Crippen molar-refractivity contribution in [3.63, 3.8) is 0 Å². The SMILES string of the molecule is Cc1cc(C(=O)COC(=O)c2cccc(-n3cnnn3)c2)c(C)n1CCC(C)C. The molecule has 152 valence electrons. The Hall–Kier alpha value is -3.29. The second kappa shape index (κ2) is 8.81. The monoisotopic (exact) mass is 395 g/mol. The number of hydrogen-bond donors (Lipinski definition) is 0. The Morgan fingerprint density at radius 2 is 1.97 bits per heavy atom. The molecule has 29 heavy (non-hydrogen) atoms. The van der Waals surface area contributed by atoms with Crippen molar-refractivity contribution in [1.82, 2.24) is 24.8 Å². The molecule has 0 aliphatic rings. The molecule has 8 heteroatoms. The molecule has 0 unspecified atom stereocenters. The van der Waals surface area contributed by atoms with E-state index in [2.05, 4.69) is 33.9 Å². The minimum absolute atomic E-state index is 0.209. The first kappa shape index (κ1) is 20.4. The molecule has 0 spiro atoms. The van der Waals surface area contributed by atoms with Gasteiger partial charge in [0.2, 0.25) is 5.78 Å². The maximum atomic E-state index is 12.6. The van der Waals surface area contributed by atoms with Gasteiger partial charge in [0, 0.05) is 23.5 Å². The summed E-state index contributed by atoms with van der Waals surface area (Å²) >= 11 is 0. The molecule has 8 nitrogen and oxygen atoms in total. The number of rotatable bonds is 8. The average molecular weight is 395 g/mol. The number of nitrogens with zero attached hydrogens (tertiary/aromatic N) is 5. The van der Waals surface area contributed by atoms with Crippen molar-refractivity contribution < 1.29 is 14.3 Å². The van der Waals surface area contributed by atoms with Gasteiger partial charge in [-0.3, -0.25) is 4.79 Å². The van der Waals surface area contributed by atoms with Crippen LogP contribution in [-0.4, -0.2) is 43.1 Å². The first-order chi connectivity index (χ1) is 13.9. The van der Waals surface area contributed by atoms with Crippen LogP contribution in [0.5, 0.6) is 0 Å². The van der Waals surface area contributed by atoms with Crippen LogP contribution in [-0.2, 0) is 11.3 Å². The molecule has 0 aliphatic heterocycles. The minimum Gasteiger partial charge on any atom is -0.454 e. The molecule has 3 aromatic rings. The van der Waals surface area contributed by atoms with Crippen LogP contribution in [0.4, 0.5) is 0 Å². The van der Waals surface area contributed by atoms with Crippen molar-refractivity contribution in [2.24, 2.45) is 5.92 Å². The Morgan fingerprint density at radius 3 is 2.66 bits per heavy atom. The van der Waals surface area contributed by atoms with Crippen molar-refractivity contribution in [1.29, 1.82) is 0 Å². The van der Waals surface area contributed by atoms with Gasteiger partial charge in [-0.2, -0.15) is 0 Å². The van der Waals surface area contributed by atoms with Crippen LogP contribution in [0.25, 0.3) is 5.69 Å². The van der Waals surface area contributed by atoms with E-state index in [1.165, 1.54) is 11.0 Å². The van der Waals surface area contributed by atoms with Crippen LogP contribution in [0.15, 0.2) is 36.7 Å². The fourth-order valence-electron chi connectivity index (χ4n) is 3.16. The van der Waals surface area contributed by atoms with Crippen molar-refractivity contribution in [2.75, 3.05) is 6.61 Å². The molecule has 1 aromatic carbocycles. The lowest BCUT2D eigenvalue weighted by Crippen LogP contribution is -2.15. The Kier molecular flexibility index (Phi) is 6.21. The molecule has 0 aliphatic carbocycles. The zero-order chi connectivity index (χ0) is 21.0. The normalized spacial score (nSPS) is 11.1. The van der Waals surface area contributed by atoms with Gasteiger partial charge in [-0.15, -0.1) is 5.10 Å². The summed E-state index contributed by atoms with van der Waals surface area (Å²) < 4.78 is 8.84. The lowest BCUT2D eigenvalue weighted by Gasteiger charge is -2.11. The summed E-state index contributed by atoms with van der Waals surface area (Å²) in [6.07, 6.45) is 2.47. The molecule has 2 aromatic heterocycles. The number of tetrazole rings is 1. The maximum Gasteiger partial charge on any atom is 0.338 e. The highest BCUT2D eigenvalue weighted by atomic mass is 16.5. The van der Waals surface area contributed by atoms with Crippen LogP contribution in [0.2, 0.25) is 0 Å². The molecule has 0 radical (unpaired) electrons. The van der Waals surface area contributed by atoms with Crippen molar-refractivity contribution in [2.45, 2.75) is 40.7 Å². The highest BCUT2D eigenvalue weighted by Crippen LogP contribution is 2.18. The summed E-state index contributed by atoms with van der Waals surface area (Å²) in [6, 6.07) is 8.58. The van der Waals surface area contributed by atoms with E-state index in [0.29, 0.717) is 22.7 Å². The van der Waals surface area contributed by atoms with Crippen LogP contribution in [0, 0.1) is 19.8 Å². The fourth-order valence-corrected chi connectivity index (χ4v) is 3.16. The topological polar surface area (TPSA) is 91.9 Å². The third-order valence-electron chi connectivity index (χ3n) is 4.83. The predicted molar refractivity (Wildman–Crippen MR) is 107 cm³/mol. The van der Waals surface area contributed by atoms with E-state index in [4.69, 9.17) is 4.74 Å². The molecule has 0 bridgehead atoms. The van der Waals surface area contributed by atoms with Crippen LogP contribution in [0.1, 0.15) is 52.4 Å². The molecule has 3 rings (SSSR count). The van der Waals surface area contributed by atoms with Gasteiger partial charge in [0.25, 0.3) is 0 Å². The van der Waals surface area contributed by atoms with Gasteiger partial charge in [-0.25, -0.2) is 9.48 Å². The molecule has 0 N–H and O–H groups in total. The second-order valence-corrected chi connectivity index (χ2v) is 7.42. The number of carbonyl (C=O) groups is 2. The molecule has 0 saturated carbocycles. The molecule has 0 saturated heterocycles. The number of aromatic nitrogens is 5. The highest BCUT2D eigenvalue weighted by molar-refractivity contribution is 6.00. The van der Waals surface area contributed by atoms with Crippen LogP contribution in [0.3, 0.4) is 0 Å². The standard InChI is InChI=1S/C21H25N5O3/c1-14(2)8-9-25-15(3)10-19(16(25)4)20(27)12-29-21(28)17-6-5-7-18(11-17)26-13-22-23-24-26/h5-7,10-11,13-14H,8-9,12H2,1-4H3. The molecular weight excluding hydrogens is 370 g/mol. The number of ketones is 1. The quantitative estimate of drug-likeness (QED) is 0.430. The second-order valence-electron chi connectivity index (χ2n) is 7.42. The Labute approximate surface area is 169 Å². The van der Waals surface area contributed by atoms with Crippen LogP contribution >= 0.6 is 0 Å². The van der Waals surface area contributed by atoms with Crippen LogP contribution < -0.4 is 0 Å². The van der Waals surface area contributed by atoms with Crippen molar-refractivity contribution in [3.05, 3.63) is 59.2 Å². The Balaban J connectivity index is 1.66. The van der Waals surface area contributed by atoms with E-state index < -0.39 is 5.97 Å². The molecular formula is C21H25N5O3. The predicted octanol–water partition coefficient (Wildman–Crippen LogP) is 3.17. The minimum atomic E-state index is -0.568. The zero-order valence-electron chi connectivity index (χ0n) is 17.1. The molecule has 0 fully saturated rings. The number of esters is 1. The van der Waals surface area contributed by atoms with E-state index in [-0.39, 0.29) is 12.4 Å². The van der Waals surface area contributed by atoms with Gasteiger partial charge in [-0.1, -0.05) is 19.9 Å². The highest BCUT2D eigenvalue weighted by Gasteiger charge is 2.18. The number of ether oxygens (including phenoxy) is 1. The van der Waals surface area contributed by atoms with E-state index in [1.807, 2.05) is 19.9 Å². The van der Waals surface area contributed by atoms with E-state index in [0.717, 1.165) is 24.4 Å². The Bertz CT molecular complexity index is 1010. The van der Waals surface area contributed by atoms with Gasteiger partial charge in [0.15, 0.2) is 6.61 Å². The van der Waals surface area contributed by atoms with E-state index >= 15 is 0 Å². The summed E-state index contributed by atoms with van der Waals surface area (Å²) in [5, 5.41) is 10.9. The molecule has 0 atom stereocenters. The number of carbonyl (C=O) groups excluding carboxylic acids is 2. The number of Topliss-reactive ketones (excluding diaryl/α,β-unsaturated/α-hetero) is 1. The largest absolute Gasteiger partial charge is 0.454 e. The van der Waals surface area contributed by atoms with Crippen molar-refractivity contribution >= 4 is 11.8 Å². The molecule has 2 heterocycles. The lowest BCUT2D eigenvalue weighted by molar-refractivity contribution is 0.0474. The summed E-state index contributed by atoms with van der Waals surface area (Å²) in [6.45, 7) is 8.83. The van der Waals surface area contributed by atoms with Crippen molar-refractivity contribution in [3.8, 4) is 5.69 Å². The summed E-state index contributed by atoms with van der Waals surface area (Å²) in [5.41, 5.74) is 3.50. The van der Waals surface area contributed by atoms with Gasteiger partial charge in [0.05, 0.1) is 11.3 Å². The zero-order valence-corrected chi connectivity index (χ0v) is 17.1. The molecule has 0 amide bonds. The average Bonchev–Trinajstić information content (AvgIpc) is 3.33. The van der Waals surface area contributed by atoms with Gasteiger partial charge < -0.3 is 9.30 Å². The third kappa shape index (κ3) is 4.77. The van der Waals surface area contributed by atoms with Gasteiger partial charge >= 0.3 is 5.97 Å². The smallest absolute Gasteiger partial charge is 0.338 e. The number of aryl methyl sites for hydroxylation is 1. The van der Waals surface area contributed by atoms with E-state index in [9.17, 15) is 9.59 Å². The summed E-state index contributed by atoms with van der Waals surface area (Å²) in [4.78, 5) is 25.0. The fraction of sp³-hybridized carbons (Fsp3) is 0.381.